The molecule has 0 aliphatic heterocycles. The van der Waals surface area contributed by atoms with Crippen LogP contribution in [-0.4, -0.2) is 23.1 Å². The van der Waals surface area contributed by atoms with Crippen molar-refractivity contribution in [3.63, 3.8) is 0 Å². The Hall–Kier alpha value is -1.22. The summed E-state index contributed by atoms with van der Waals surface area (Å²) in [4.78, 5) is 42.3. The van der Waals surface area contributed by atoms with Gasteiger partial charge in [0.2, 0.25) is 0 Å². The Morgan fingerprint density at radius 2 is 1.06 bits per heavy atom. The van der Waals surface area contributed by atoms with Crippen molar-refractivity contribution in [3.05, 3.63) is 0 Å². The van der Waals surface area contributed by atoms with Crippen LogP contribution in [0.2, 0.25) is 0 Å². The first-order valence-corrected chi connectivity index (χ1v) is 12.5. The fraction of sp³-hybridized carbons (Fsp3) is 0.920. The highest BCUT2D eigenvalue weighted by Crippen LogP contribution is 2.18. The molecule has 0 heterocycles. The smallest absolute Gasteiger partial charge is 0.269 e. The van der Waals surface area contributed by atoms with Crippen molar-refractivity contribution >= 4 is 11.9 Å². The van der Waals surface area contributed by atoms with E-state index in [4.69, 9.17) is 9.78 Å². The van der Waals surface area contributed by atoms with E-state index in [1.54, 1.807) is 0 Å². The molecule has 0 aliphatic rings. The molecular weight excluding hydrogens is 428 g/mol. The summed E-state index contributed by atoms with van der Waals surface area (Å²) in [6.45, 7) is 19.3. The summed E-state index contributed by atoms with van der Waals surface area (Å²) in [5.74, 6) is -0.875. The van der Waals surface area contributed by atoms with Crippen LogP contribution >= 0.6 is 0 Å². The Bertz CT molecular complexity index is 499. The van der Waals surface area contributed by atoms with Gasteiger partial charge in [-0.3, -0.25) is 9.78 Å². The number of rotatable bonds is 16. The Morgan fingerprint density at radius 1 is 0.667 bits per heavy atom. The summed E-state index contributed by atoms with van der Waals surface area (Å²) in [6, 6.07) is 0. The predicted octanol–water partition coefficient (Wildman–Crippen LogP) is 7.21. The minimum absolute atomic E-state index is 0.0940. The van der Waals surface area contributed by atoms with Gasteiger partial charge >= 0.3 is 11.9 Å². The zero-order valence-corrected chi connectivity index (χ0v) is 22.8. The molecule has 8 heteroatoms. The van der Waals surface area contributed by atoms with Crippen LogP contribution in [0, 0.1) is 11.8 Å². The van der Waals surface area contributed by atoms with Crippen LogP contribution in [0.1, 0.15) is 127 Å². The first-order valence-electron chi connectivity index (χ1n) is 12.5. The van der Waals surface area contributed by atoms with E-state index < -0.39 is 11.2 Å². The SMILES string of the molecule is CCCCC(CC)C(=O)OOOC(C)(C)C.CCCCC(CC)C(=O)OOOC(C)(C)CC. The number of hydrogen-bond donors (Lipinski definition) is 0. The van der Waals surface area contributed by atoms with Crippen molar-refractivity contribution in [3.8, 4) is 0 Å². The van der Waals surface area contributed by atoms with Crippen LogP contribution in [0.15, 0.2) is 0 Å². The average molecular weight is 479 g/mol. The van der Waals surface area contributed by atoms with E-state index in [0.29, 0.717) is 0 Å². The monoisotopic (exact) mass is 478 g/mol. The Morgan fingerprint density at radius 3 is 1.36 bits per heavy atom. The van der Waals surface area contributed by atoms with Gasteiger partial charge in [-0.05, 0) is 76.8 Å². The van der Waals surface area contributed by atoms with E-state index in [1.165, 1.54) is 0 Å². The molecule has 0 N–H and O–H groups in total. The lowest BCUT2D eigenvalue weighted by Crippen LogP contribution is -2.25. The highest BCUT2D eigenvalue weighted by atomic mass is 17.5. The van der Waals surface area contributed by atoms with Gasteiger partial charge in [-0.1, -0.05) is 60.3 Å². The zero-order chi connectivity index (χ0) is 25.9. The second-order valence-corrected chi connectivity index (χ2v) is 9.83. The van der Waals surface area contributed by atoms with Crippen LogP contribution in [0.5, 0.6) is 0 Å². The largest absolute Gasteiger partial charge is 0.348 e. The molecule has 0 aromatic heterocycles. The first-order chi connectivity index (χ1) is 15.4. The fourth-order valence-electron chi connectivity index (χ4n) is 2.37. The van der Waals surface area contributed by atoms with Crippen LogP contribution in [0.3, 0.4) is 0 Å². The normalized spacial score (nSPS) is 13.5. The Labute approximate surface area is 201 Å². The van der Waals surface area contributed by atoms with Gasteiger partial charge in [0.15, 0.2) is 0 Å². The lowest BCUT2D eigenvalue weighted by Gasteiger charge is -2.20. The van der Waals surface area contributed by atoms with Gasteiger partial charge in [0.1, 0.15) is 5.60 Å². The van der Waals surface area contributed by atoms with Crippen molar-refractivity contribution in [2.75, 3.05) is 0 Å². The van der Waals surface area contributed by atoms with Gasteiger partial charge in [-0.25, -0.2) is 9.59 Å². The molecule has 2 unspecified atom stereocenters. The molecule has 33 heavy (non-hydrogen) atoms. The van der Waals surface area contributed by atoms with E-state index in [1.807, 2.05) is 55.4 Å². The van der Waals surface area contributed by atoms with E-state index >= 15 is 0 Å². The third-order valence-corrected chi connectivity index (χ3v) is 5.09. The van der Waals surface area contributed by atoms with Gasteiger partial charge in [0.05, 0.1) is 17.4 Å². The van der Waals surface area contributed by atoms with Gasteiger partial charge in [0, 0.05) is 0 Å². The summed E-state index contributed by atoms with van der Waals surface area (Å²) < 4.78 is 0. The molecule has 198 valence electrons. The number of carbonyl (C=O) groups is 2. The topological polar surface area (TPSA) is 89.5 Å². The van der Waals surface area contributed by atoms with Crippen LogP contribution in [-0.2, 0) is 39.2 Å². The Kier molecular flexibility index (Phi) is 19.7. The molecule has 0 aliphatic carbocycles. The second-order valence-electron chi connectivity index (χ2n) is 9.83. The summed E-state index contributed by atoms with van der Waals surface area (Å²) in [6.07, 6.45) is 8.17. The summed E-state index contributed by atoms with van der Waals surface area (Å²) in [7, 11) is 0. The fourth-order valence-corrected chi connectivity index (χ4v) is 2.37. The predicted molar refractivity (Wildman–Crippen MR) is 127 cm³/mol. The van der Waals surface area contributed by atoms with Crippen LogP contribution < -0.4 is 0 Å². The minimum atomic E-state index is -0.481. The number of carbonyl (C=O) groups excluding carboxylic acids is 2. The molecular formula is C25H50O8. The highest BCUT2D eigenvalue weighted by Gasteiger charge is 2.22. The van der Waals surface area contributed by atoms with Gasteiger partial charge in [-0.15, -0.1) is 0 Å². The minimum Gasteiger partial charge on any atom is -0.269 e. The highest BCUT2D eigenvalue weighted by molar-refractivity contribution is 5.71. The molecule has 0 saturated heterocycles. The van der Waals surface area contributed by atoms with E-state index in [-0.39, 0.29) is 23.8 Å². The molecule has 0 rings (SSSR count). The van der Waals surface area contributed by atoms with Gasteiger partial charge in [-0.2, -0.15) is 9.78 Å². The molecule has 0 bridgehead atoms. The average Bonchev–Trinajstić information content (AvgIpc) is 2.74. The maximum Gasteiger partial charge on any atom is 0.348 e. The molecule has 0 radical (unpaired) electrons. The van der Waals surface area contributed by atoms with Crippen molar-refractivity contribution < 1.29 is 39.2 Å². The molecule has 8 nitrogen and oxygen atoms in total. The second kappa shape index (κ2) is 19.1. The standard InChI is InChI=1S/C13H26O4.C12H24O4/c1-6-9-10-11(7-2)12(14)15-17-16-13(4,5)8-3;1-6-8-9-10(7-2)11(13)14-16-15-12(3,4)5/h11H,6-10H2,1-5H3;10H,6-9H2,1-5H3. The van der Waals surface area contributed by atoms with E-state index in [0.717, 1.165) is 57.8 Å². The molecule has 2 atom stereocenters. The van der Waals surface area contributed by atoms with Gasteiger partial charge in [0.25, 0.3) is 0 Å². The Balaban J connectivity index is 0. The molecule has 0 aromatic rings. The van der Waals surface area contributed by atoms with E-state index in [9.17, 15) is 9.59 Å². The van der Waals surface area contributed by atoms with Crippen LogP contribution in [0.4, 0.5) is 0 Å². The van der Waals surface area contributed by atoms with E-state index in [2.05, 4.69) is 33.7 Å². The third kappa shape index (κ3) is 19.9. The molecule has 0 spiro atoms. The lowest BCUT2D eigenvalue weighted by molar-refractivity contribution is -0.517. The maximum absolute atomic E-state index is 11.6. The third-order valence-electron chi connectivity index (χ3n) is 5.09. The zero-order valence-electron chi connectivity index (χ0n) is 22.8. The summed E-state index contributed by atoms with van der Waals surface area (Å²) in [5.41, 5.74) is -0.920. The van der Waals surface area contributed by atoms with Crippen molar-refractivity contribution in [1.29, 1.82) is 0 Å². The maximum atomic E-state index is 11.6. The van der Waals surface area contributed by atoms with Crippen molar-refractivity contribution in [1.82, 2.24) is 0 Å². The molecule has 0 aromatic carbocycles. The lowest BCUT2D eigenvalue weighted by atomic mass is 10.00. The molecule has 0 amide bonds. The number of unbranched alkanes of at least 4 members (excludes halogenated alkanes) is 2. The van der Waals surface area contributed by atoms with Crippen molar-refractivity contribution in [2.45, 2.75) is 138 Å². The molecule has 0 saturated carbocycles. The quantitative estimate of drug-likeness (QED) is 0.170. The summed E-state index contributed by atoms with van der Waals surface area (Å²) >= 11 is 0. The van der Waals surface area contributed by atoms with Gasteiger partial charge < -0.3 is 0 Å². The molecule has 0 fully saturated rings. The van der Waals surface area contributed by atoms with Crippen molar-refractivity contribution in [2.24, 2.45) is 11.8 Å². The first kappa shape index (κ1) is 34.0. The summed E-state index contributed by atoms with van der Waals surface area (Å²) in [5, 5.41) is 9.04. The van der Waals surface area contributed by atoms with Crippen LogP contribution in [0.25, 0.3) is 0 Å². The number of hydrogen-bond acceptors (Lipinski definition) is 8.